The van der Waals surface area contributed by atoms with E-state index in [1.165, 1.54) is 17.3 Å². The molecule has 0 aliphatic carbocycles. The highest BCUT2D eigenvalue weighted by Crippen LogP contribution is 2.21. The van der Waals surface area contributed by atoms with Crippen molar-refractivity contribution in [2.24, 2.45) is 0 Å². The van der Waals surface area contributed by atoms with Crippen LogP contribution in [0, 0.1) is 6.92 Å². The van der Waals surface area contributed by atoms with Crippen molar-refractivity contribution in [1.82, 2.24) is 24.3 Å². The summed E-state index contributed by atoms with van der Waals surface area (Å²) in [6.07, 6.45) is 1.58. The van der Waals surface area contributed by atoms with Gasteiger partial charge in [0.25, 0.3) is 5.56 Å². The van der Waals surface area contributed by atoms with Crippen molar-refractivity contribution in [3.8, 4) is 0 Å². The Kier molecular flexibility index (Phi) is 6.55. The highest BCUT2D eigenvalue weighted by Gasteiger charge is 2.22. The molecule has 0 radical (unpaired) electrons. The number of piperazine rings is 1. The van der Waals surface area contributed by atoms with Crippen LogP contribution in [-0.2, 0) is 17.9 Å². The molecule has 0 spiro atoms. The minimum atomic E-state index is -0.168. The maximum absolute atomic E-state index is 13.2. The van der Waals surface area contributed by atoms with Gasteiger partial charge in [-0.25, -0.2) is 4.98 Å². The number of aromatic nitrogens is 3. The summed E-state index contributed by atoms with van der Waals surface area (Å²) in [6, 6.07) is 15.9. The summed E-state index contributed by atoms with van der Waals surface area (Å²) in [6.45, 7) is 6.16. The van der Waals surface area contributed by atoms with Gasteiger partial charge in [0.15, 0.2) is 5.16 Å². The molecular formula is C25H27N5O3S. The third-order valence-corrected chi connectivity index (χ3v) is 6.99. The van der Waals surface area contributed by atoms with E-state index in [4.69, 9.17) is 4.42 Å². The summed E-state index contributed by atoms with van der Waals surface area (Å²) in [5.41, 5.74) is 3.07. The van der Waals surface area contributed by atoms with Crippen LogP contribution in [0.2, 0.25) is 0 Å². The van der Waals surface area contributed by atoms with Gasteiger partial charge in [-0.15, -0.1) is 0 Å². The number of furan rings is 1. The number of carbonyl (C=O) groups is 1. The van der Waals surface area contributed by atoms with Gasteiger partial charge in [-0.3, -0.25) is 19.1 Å². The monoisotopic (exact) mass is 477 g/mol. The largest absolute Gasteiger partial charge is 0.467 e. The quantitative estimate of drug-likeness (QED) is 0.325. The van der Waals surface area contributed by atoms with Crippen LogP contribution >= 0.6 is 11.8 Å². The van der Waals surface area contributed by atoms with Gasteiger partial charge in [0, 0.05) is 38.4 Å². The summed E-state index contributed by atoms with van der Waals surface area (Å²) in [4.78, 5) is 38.2. The second kappa shape index (κ2) is 9.90. The van der Waals surface area contributed by atoms with E-state index >= 15 is 0 Å². The fourth-order valence-corrected chi connectivity index (χ4v) is 5.13. The number of benzene rings is 1. The van der Waals surface area contributed by atoms with Crippen molar-refractivity contribution in [2.75, 3.05) is 31.9 Å². The van der Waals surface area contributed by atoms with E-state index in [9.17, 15) is 9.59 Å². The van der Waals surface area contributed by atoms with E-state index in [1.54, 1.807) is 16.9 Å². The summed E-state index contributed by atoms with van der Waals surface area (Å²) in [5, 5.41) is 0.518. The van der Waals surface area contributed by atoms with Gasteiger partial charge in [-0.1, -0.05) is 42.1 Å². The Morgan fingerprint density at radius 2 is 1.88 bits per heavy atom. The van der Waals surface area contributed by atoms with Gasteiger partial charge >= 0.3 is 0 Å². The number of nitrogens with zero attached hydrogens (tertiary/aromatic N) is 4. The molecule has 3 aromatic heterocycles. The summed E-state index contributed by atoms with van der Waals surface area (Å²) in [5.74, 6) is 0.959. The molecule has 1 aliphatic rings. The van der Waals surface area contributed by atoms with Crippen molar-refractivity contribution in [3.63, 3.8) is 0 Å². The molecule has 4 heterocycles. The minimum absolute atomic E-state index is 0.0634. The zero-order valence-corrected chi connectivity index (χ0v) is 19.9. The van der Waals surface area contributed by atoms with Gasteiger partial charge in [-0.05, 0) is 30.7 Å². The molecule has 34 heavy (non-hydrogen) atoms. The number of amides is 1. The highest BCUT2D eigenvalue weighted by atomic mass is 32.2. The second-order valence-corrected chi connectivity index (χ2v) is 9.45. The number of nitrogens with one attached hydrogen (secondary N) is 1. The van der Waals surface area contributed by atoms with Crippen molar-refractivity contribution < 1.29 is 9.21 Å². The smallest absolute Gasteiger partial charge is 0.278 e. The van der Waals surface area contributed by atoms with E-state index in [-0.39, 0.29) is 23.8 Å². The Morgan fingerprint density at radius 3 is 2.62 bits per heavy atom. The molecule has 1 aliphatic heterocycles. The molecule has 1 N–H and O–H groups in total. The second-order valence-electron chi connectivity index (χ2n) is 8.51. The van der Waals surface area contributed by atoms with E-state index in [0.717, 1.165) is 25.3 Å². The maximum Gasteiger partial charge on any atom is 0.278 e. The molecule has 1 aromatic carbocycles. The molecule has 0 unspecified atom stereocenters. The van der Waals surface area contributed by atoms with Crippen molar-refractivity contribution in [1.29, 1.82) is 0 Å². The number of H-pyrrole nitrogens is 1. The van der Waals surface area contributed by atoms with E-state index in [2.05, 4.69) is 39.1 Å². The molecule has 5 rings (SSSR count). The molecule has 9 heteroatoms. The molecule has 1 fully saturated rings. The van der Waals surface area contributed by atoms with Crippen LogP contribution in [0.5, 0.6) is 0 Å². The molecule has 1 saturated heterocycles. The standard InChI is InChI=1S/C25H27N5O3S/c1-18-14-21-23(26-18)24(32)30(16-20-8-5-13-33-20)25(27-21)34-17-22(31)29-11-9-28(10-12-29)15-19-6-3-2-4-7-19/h2-8,13-14,26H,9-12,15-17H2,1H3. The van der Waals surface area contributed by atoms with Crippen LogP contribution in [0.1, 0.15) is 17.0 Å². The Bertz CT molecular complexity index is 1320. The first kappa shape index (κ1) is 22.5. The van der Waals surface area contributed by atoms with Crippen LogP contribution in [0.25, 0.3) is 11.0 Å². The van der Waals surface area contributed by atoms with E-state index < -0.39 is 0 Å². The maximum atomic E-state index is 13.2. The van der Waals surface area contributed by atoms with Gasteiger partial charge in [-0.2, -0.15) is 0 Å². The topological polar surface area (TPSA) is 87.4 Å². The van der Waals surface area contributed by atoms with Crippen LogP contribution in [0.3, 0.4) is 0 Å². The third kappa shape index (κ3) is 4.95. The van der Waals surface area contributed by atoms with Gasteiger partial charge in [0.05, 0.1) is 24.1 Å². The SMILES string of the molecule is Cc1cc2nc(SCC(=O)N3CCN(Cc4ccccc4)CC3)n(Cc3ccco3)c(=O)c2[nH]1. The average Bonchev–Trinajstić information content (AvgIpc) is 3.50. The molecule has 8 nitrogen and oxygen atoms in total. The summed E-state index contributed by atoms with van der Waals surface area (Å²) in [7, 11) is 0. The van der Waals surface area contributed by atoms with Crippen LogP contribution in [-0.4, -0.2) is 62.2 Å². The Morgan fingerprint density at radius 1 is 1.09 bits per heavy atom. The number of aromatic amines is 1. The number of hydrogen-bond acceptors (Lipinski definition) is 6. The fourth-order valence-electron chi connectivity index (χ4n) is 4.23. The predicted molar refractivity (Wildman–Crippen MR) is 132 cm³/mol. The Balaban J connectivity index is 1.25. The summed E-state index contributed by atoms with van der Waals surface area (Å²) < 4.78 is 7.03. The van der Waals surface area contributed by atoms with Crippen molar-refractivity contribution in [3.05, 3.63) is 82.2 Å². The number of fused-ring (bicyclic) bond motifs is 1. The zero-order valence-electron chi connectivity index (χ0n) is 19.1. The molecule has 0 saturated carbocycles. The normalized spacial score (nSPS) is 14.7. The lowest BCUT2D eigenvalue weighted by Gasteiger charge is -2.34. The number of rotatable bonds is 7. The first-order valence-corrected chi connectivity index (χ1v) is 12.3. The molecule has 4 aromatic rings. The number of carbonyl (C=O) groups excluding carboxylic acids is 1. The average molecular weight is 478 g/mol. The number of thioether (sulfide) groups is 1. The fraction of sp³-hybridized carbons (Fsp3) is 0.320. The van der Waals surface area contributed by atoms with Crippen molar-refractivity contribution >= 4 is 28.7 Å². The minimum Gasteiger partial charge on any atom is -0.467 e. The molecule has 176 valence electrons. The van der Waals surface area contributed by atoms with Gasteiger partial charge < -0.3 is 14.3 Å². The number of aryl methyl sites for hydroxylation is 1. The lowest BCUT2D eigenvalue weighted by molar-refractivity contribution is -0.130. The Hall–Kier alpha value is -3.30. The van der Waals surface area contributed by atoms with Crippen LogP contribution in [0.4, 0.5) is 0 Å². The molecular weight excluding hydrogens is 450 g/mol. The van der Waals surface area contributed by atoms with Crippen molar-refractivity contribution in [2.45, 2.75) is 25.2 Å². The van der Waals surface area contributed by atoms with E-state index in [1.807, 2.05) is 30.0 Å². The Labute approximate surface area is 201 Å². The van der Waals surface area contributed by atoms with Crippen LogP contribution < -0.4 is 5.56 Å². The molecule has 0 bridgehead atoms. The third-order valence-electron chi connectivity index (χ3n) is 6.03. The first-order chi connectivity index (χ1) is 16.6. The first-order valence-electron chi connectivity index (χ1n) is 11.4. The lowest BCUT2D eigenvalue weighted by Crippen LogP contribution is -2.48. The summed E-state index contributed by atoms with van der Waals surface area (Å²) >= 11 is 1.30. The predicted octanol–water partition coefficient (Wildman–Crippen LogP) is 3.11. The van der Waals surface area contributed by atoms with Crippen LogP contribution in [0.15, 0.2) is 69.2 Å². The lowest BCUT2D eigenvalue weighted by atomic mass is 10.2. The zero-order chi connectivity index (χ0) is 23.5. The van der Waals surface area contributed by atoms with Gasteiger partial charge in [0.2, 0.25) is 5.91 Å². The number of hydrogen-bond donors (Lipinski definition) is 1. The molecule has 0 atom stereocenters. The molecule has 1 amide bonds. The van der Waals surface area contributed by atoms with Gasteiger partial charge in [0.1, 0.15) is 11.3 Å². The highest BCUT2D eigenvalue weighted by molar-refractivity contribution is 7.99. The van der Waals surface area contributed by atoms with E-state index in [0.29, 0.717) is 35.0 Å².